The first-order valence-electron chi connectivity index (χ1n) is 8.50. The highest BCUT2D eigenvalue weighted by Crippen LogP contribution is 2.26. The highest BCUT2D eigenvalue weighted by atomic mass is 35.5. The monoisotopic (exact) mass is 374 g/mol. The van der Waals surface area contributed by atoms with Gasteiger partial charge in [0.05, 0.1) is 11.7 Å². The van der Waals surface area contributed by atoms with Crippen LogP contribution in [0.5, 0.6) is 5.88 Å². The fourth-order valence-electron chi connectivity index (χ4n) is 2.81. The lowest BCUT2D eigenvalue weighted by Gasteiger charge is -2.27. The number of hydrogen-bond acceptors (Lipinski definition) is 3. The van der Waals surface area contributed by atoms with Crippen molar-refractivity contribution in [2.45, 2.75) is 26.4 Å². The van der Waals surface area contributed by atoms with Crippen molar-refractivity contribution >= 4 is 23.1 Å². The van der Waals surface area contributed by atoms with Crippen molar-refractivity contribution in [2.75, 3.05) is 13.1 Å². The highest BCUT2D eigenvalue weighted by Gasteiger charge is 2.21. The van der Waals surface area contributed by atoms with Crippen LogP contribution in [0.25, 0.3) is 5.57 Å². The zero-order valence-corrected chi connectivity index (χ0v) is 15.5. The lowest BCUT2D eigenvalue weighted by Crippen LogP contribution is -2.34. The van der Waals surface area contributed by atoms with Gasteiger partial charge in [0.1, 0.15) is 10.8 Å². The molecule has 1 aromatic carbocycles. The topological polar surface area (TPSA) is 42.4 Å². The number of aromatic nitrogens is 1. The molecule has 0 saturated heterocycles. The lowest BCUT2D eigenvalue weighted by molar-refractivity contribution is 0.0772. The molecule has 0 atom stereocenters. The molecule has 2 aromatic rings. The Labute approximate surface area is 157 Å². The molecule has 1 aliphatic rings. The van der Waals surface area contributed by atoms with Crippen LogP contribution in [0.15, 0.2) is 42.6 Å². The Hall–Kier alpha value is -2.40. The predicted molar refractivity (Wildman–Crippen MR) is 99.9 cm³/mol. The van der Waals surface area contributed by atoms with Gasteiger partial charge in [0.2, 0.25) is 5.88 Å². The second-order valence-electron chi connectivity index (χ2n) is 6.41. The third-order valence-electron chi connectivity index (χ3n) is 4.11. The molecule has 1 amide bonds. The molecule has 3 rings (SSSR count). The summed E-state index contributed by atoms with van der Waals surface area (Å²) in [6.07, 6.45) is 4.16. The third-order valence-corrected chi connectivity index (χ3v) is 4.38. The molecule has 26 heavy (non-hydrogen) atoms. The van der Waals surface area contributed by atoms with Crippen molar-refractivity contribution in [1.29, 1.82) is 0 Å². The van der Waals surface area contributed by atoms with Gasteiger partial charge in [-0.05, 0) is 49.6 Å². The number of hydrogen-bond donors (Lipinski definition) is 0. The fraction of sp³-hybridized carbons (Fsp3) is 0.300. The van der Waals surface area contributed by atoms with Gasteiger partial charge in [0.25, 0.3) is 5.91 Å². The number of carbonyl (C=O) groups excluding carboxylic acids is 1. The van der Waals surface area contributed by atoms with Crippen molar-refractivity contribution in [1.82, 2.24) is 9.88 Å². The molecule has 0 bridgehead atoms. The molecule has 0 radical (unpaired) electrons. The van der Waals surface area contributed by atoms with Crippen LogP contribution in [0, 0.1) is 5.82 Å². The largest absolute Gasteiger partial charge is 0.474 e. The number of ether oxygens (including phenoxy) is 1. The van der Waals surface area contributed by atoms with Crippen LogP contribution in [-0.4, -0.2) is 35.0 Å². The number of pyridine rings is 1. The number of nitrogens with zero attached hydrogens (tertiary/aromatic N) is 2. The Bertz CT molecular complexity index is 834. The van der Waals surface area contributed by atoms with E-state index in [1.54, 1.807) is 23.1 Å². The molecule has 0 fully saturated rings. The van der Waals surface area contributed by atoms with Crippen LogP contribution in [-0.2, 0) is 0 Å². The molecular weight excluding hydrogens is 355 g/mol. The smallest absolute Gasteiger partial charge is 0.255 e. The van der Waals surface area contributed by atoms with E-state index >= 15 is 0 Å². The molecule has 1 aliphatic heterocycles. The van der Waals surface area contributed by atoms with Crippen LogP contribution < -0.4 is 4.74 Å². The summed E-state index contributed by atoms with van der Waals surface area (Å²) in [4.78, 5) is 18.6. The van der Waals surface area contributed by atoms with Gasteiger partial charge in [0.15, 0.2) is 0 Å². The Morgan fingerprint density at radius 2 is 2.04 bits per heavy atom. The highest BCUT2D eigenvalue weighted by molar-refractivity contribution is 6.32. The SMILES string of the molecule is CC(C)Oc1ncc(C(=O)N2CC=C(c3ccc(F)cc3)CC2)cc1Cl. The van der Waals surface area contributed by atoms with Gasteiger partial charge in [-0.3, -0.25) is 4.79 Å². The van der Waals surface area contributed by atoms with E-state index < -0.39 is 0 Å². The van der Waals surface area contributed by atoms with E-state index in [4.69, 9.17) is 16.3 Å². The zero-order valence-electron chi connectivity index (χ0n) is 14.7. The molecule has 1 aromatic heterocycles. The Morgan fingerprint density at radius 1 is 1.31 bits per heavy atom. The second-order valence-corrected chi connectivity index (χ2v) is 6.82. The first kappa shape index (κ1) is 18.4. The van der Waals surface area contributed by atoms with Gasteiger partial charge in [-0.1, -0.05) is 29.8 Å². The van der Waals surface area contributed by atoms with E-state index in [9.17, 15) is 9.18 Å². The molecule has 0 saturated carbocycles. The average Bonchev–Trinajstić information content (AvgIpc) is 2.63. The summed E-state index contributed by atoms with van der Waals surface area (Å²) < 4.78 is 18.5. The average molecular weight is 375 g/mol. The predicted octanol–water partition coefficient (Wildman–Crippen LogP) is 4.59. The van der Waals surface area contributed by atoms with Crippen molar-refractivity contribution < 1.29 is 13.9 Å². The molecule has 0 N–H and O–H groups in total. The molecule has 4 nitrogen and oxygen atoms in total. The van der Waals surface area contributed by atoms with E-state index in [0.29, 0.717) is 36.0 Å². The zero-order chi connectivity index (χ0) is 18.7. The molecule has 136 valence electrons. The minimum atomic E-state index is -0.253. The van der Waals surface area contributed by atoms with E-state index in [2.05, 4.69) is 4.98 Å². The molecular formula is C20H20ClFN2O2. The summed E-state index contributed by atoms with van der Waals surface area (Å²) >= 11 is 6.17. The quantitative estimate of drug-likeness (QED) is 0.786. The van der Waals surface area contributed by atoms with E-state index in [1.807, 2.05) is 19.9 Å². The first-order chi connectivity index (χ1) is 12.4. The van der Waals surface area contributed by atoms with Crippen LogP contribution in [0.2, 0.25) is 5.02 Å². The molecule has 6 heteroatoms. The van der Waals surface area contributed by atoms with Gasteiger partial charge >= 0.3 is 0 Å². The van der Waals surface area contributed by atoms with Crippen molar-refractivity contribution in [3.05, 3.63) is 64.6 Å². The molecule has 0 unspecified atom stereocenters. The first-order valence-corrected chi connectivity index (χ1v) is 8.88. The Morgan fingerprint density at radius 3 is 2.62 bits per heavy atom. The summed E-state index contributed by atoms with van der Waals surface area (Å²) in [5.41, 5.74) is 2.54. The molecule has 0 aliphatic carbocycles. The number of halogens is 2. The summed E-state index contributed by atoms with van der Waals surface area (Å²) in [5, 5.41) is 0.323. The van der Waals surface area contributed by atoms with Gasteiger partial charge in [-0.2, -0.15) is 0 Å². The summed E-state index contributed by atoms with van der Waals surface area (Å²) in [6, 6.07) is 8.00. The van der Waals surface area contributed by atoms with E-state index in [1.165, 1.54) is 18.3 Å². The Balaban J connectivity index is 1.70. The van der Waals surface area contributed by atoms with E-state index in [0.717, 1.165) is 11.1 Å². The summed E-state index contributed by atoms with van der Waals surface area (Å²) in [7, 11) is 0. The third kappa shape index (κ3) is 4.22. The second kappa shape index (κ2) is 7.87. The van der Waals surface area contributed by atoms with Crippen LogP contribution in [0.4, 0.5) is 4.39 Å². The maximum Gasteiger partial charge on any atom is 0.255 e. The summed E-state index contributed by atoms with van der Waals surface area (Å²) in [5.74, 6) is -0.0449. The maximum atomic E-state index is 13.0. The normalized spacial score (nSPS) is 14.3. The minimum Gasteiger partial charge on any atom is -0.474 e. The number of rotatable bonds is 4. The van der Waals surface area contributed by atoms with Crippen LogP contribution >= 0.6 is 11.6 Å². The standard InChI is InChI=1S/C20H20ClFN2O2/c1-13(2)26-19-18(21)11-16(12-23-19)20(25)24-9-7-15(8-10-24)14-3-5-17(22)6-4-14/h3-7,11-13H,8-10H2,1-2H3. The van der Waals surface area contributed by atoms with Crippen molar-refractivity contribution in [3.63, 3.8) is 0 Å². The van der Waals surface area contributed by atoms with Crippen LogP contribution in [0.1, 0.15) is 36.2 Å². The summed E-state index contributed by atoms with van der Waals surface area (Å²) in [6.45, 7) is 4.85. The van der Waals surface area contributed by atoms with Gasteiger partial charge in [-0.25, -0.2) is 9.37 Å². The van der Waals surface area contributed by atoms with Crippen molar-refractivity contribution in [2.24, 2.45) is 0 Å². The minimum absolute atomic E-state index is 0.0429. The van der Waals surface area contributed by atoms with Gasteiger partial charge < -0.3 is 9.64 Å². The van der Waals surface area contributed by atoms with Crippen molar-refractivity contribution in [3.8, 4) is 5.88 Å². The van der Waals surface area contributed by atoms with Gasteiger partial charge in [-0.15, -0.1) is 0 Å². The molecule has 2 heterocycles. The number of amides is 1. The Kier molecular flexibility index (Phi) is 5.57. The van der Waals surface area contributed by atoms with Gasteiger partial charge in [0, 0.05) is 19.3 Å². The molecule has 0 spiro atoms. The number of benzene rings is 1. The fourth-order valence-corrected chi connectivity index (χ4v) is 3.03. The maximum absolute atomic E-state index is 13.0. The van der Waals surface area contributed by atoms with E-state index in [-0.39, 0.29) is 17.8 Å². The van der Waals surface area contributed by atoms with Crippen LogP contribution in [0.3, 0.4) is 0 Å². The lowest BCUT2D eigenvalue weighted by atomic mass is 9.99. The number of carbonyl (C=O) groups is 1.